The highest BCUT2D eigenvalue weighted by molar-refractivity contribution is 5.34. The average molecular weight is 153 g/mol. The molecule has 0 radical (unpaired) electrons. The van der Waals surface area contributed by atoms with Gasteiger partial charge in [-0.25, -0.2) is 10.4 Å². The molecule has 0 unspecified atom stereocenters. The lowest BCUT2D eigenvalue weighted by molar-refractivity contribution is 0.278. The van der Waals surface area contributed by atoms with Crippen molar-refractivity contribution in [2.75, 3.05) is 18.8 Å². The van der Waals surface area contributed by atoms with Crippen molar-refractivity contribution in [2.45, 2.75) is 0 Å². The molecular weight excluding hydrogens is 142 g/mol. The molecule has 1 heterocycles. The molecule has 4 nitrogen and oxygen atoms in total. The topological polar surface area (TPSA) is 48.4 Å². The lowest BCUT2D eigenvalue weighted by Crippen LogP contribution is -2.36. The van der Waals surface area contributed by atoms with Crippen LogP contribution in [-0.4, -0.2) is 23.9 Å². The lowest BCUT2D eigenvalue weighted by Gasteiger charge is -2.18. The summed E-state index contributed by atoms with van der Waals surface area (Å²) in [5.74, 6) is 0.706. The van der Waals surface area contributed by atoms with Crippen LogP contribution < -0.4 is 10.4 Å². The molecule has 0 saturated carbocycles. The predicted octanol–water partition coefficient (Wildman–Crippen LogP) is -0.0278. The van der Waals surface area contributed by atoms with Crippen molar-refractivity contribution in [2.24, 2.45) is 0 Å². The summed E-state index contributed by atoms with van der Waals surface area (Å²) in [6, 6.07) is 5.50. The standard InChI is InChI=1S/C7H11N3O/c1-8-10(6-11)7-4-2-3-5-9-7/h2-5,8,11H,6H2,1H3. The average Bonchev–Trinajstić information content (AvgIpc) is 2.09. The van der Waals surface area contributed by atoms with Crippen LogP contribution in [0.5, 0.6) is 0 Å². The molecule has 0 aliphatic carbocycles. The largest absolute Gasteiger partial charge is 0.375 e. The second-order valence-corrected chi connectivity index (χ2v) is 1.98. The number of nitrogens with one attached hydrogen (secondary N) is 1. The first-order valence-electron chi connectivity index (χ1n) is 3.35. The molecule has 0 aliphatic heterocycles. The Morgan fingerprint density at radius 2 is 2.45 bits per heavy atom. The highest BCUT2D eigenvalue weighted by atomic mass is 16.3. The van der Waals surface area contributed by atoms with Crippen molar-refractivity contribution in [1.29, 1.82) is 0 Å². The molecule has 0 amide bonds. The van der Waals surface area contributed by atoms with E-state index in [9.17, 15) is 0 Å². The molecule has 0 atom stereocenters. The maximum Gasteiger partial charge on any atom is 0.144 e. The van der Waals surface area contributed by atoms with Gasteiger partial charge < -0.3 is 5.11 Å². The van der Waals surface area contributed by atoms with E-state index in [1.807, 2.05) is 18.2 Å². The van der Waals surface area contributed by atoms with Crippen LogP contribution in [0.2, 0.25) is 0 Å². The van der Waals surface area contributed by atoms with Gasteiger partial charge in [-0.3, -0.25) is 5.01 Å². The number of hydrogen-bond acceptors (Lipinski definition) is 4. The Hall–Kier alpha value is -1.13. The van der Waals surface area contributed by atoms with E-state index in [4.69, 9.17) is 5.11 Å². The number of aliphatic hydroxyl groups excluding tert-OH is 1. The highest BCUT2D eigenvalue weighted by Crippen LogP contribution is 2.03. The zero-order chi connectivity index (χ0) is 8.10. The van der Waals surface area contributed by atoms with Crippen LogP contribution >= 0.6 is 0 Å². The molecule has 4 heteroatoms. The molecule has 0 aliphatic rings. The maximum absolute atomic E-state index is 8.80. The molecule has 1 aromatic rings. The van der Waals surface area contributed by atoms with Gasteiger partial charge in [0.15, 0.2) is 0 Å². The molecule has 0 bridgehead atoms. The molecule has 1 rings (SSSR count). The summed E-state index contributed by atoms with van der Waals surface area (Å²) in [7, 11) is 1.73. The molecule has 60 valence electrons. The maximum atomic E-state index is 8.80. The predicted molar refractivity (Wildman–Crippen MR) is 42.9 cm³/mol. The van der Waals surface area contributed by atoms with E-state index >= 15 is 0 Å². The summed E-state index contributed by atoms with van der Waals surface area (Å²) in [6.07, 6.45) is 1.68. The number of aliphatic hydroxyl groups is 1. The van der Waals surface area contributed by atoms with Crippen molar-refractivity contribution in [1.82, 2.24) is 10.4 Å². The van der Waals surface area contributed by atoms with Crippen molar-refractivity contribution < 1.29 is 5.11 Å². The van der Waals surface area contributed by atoms with Crippen LogP contribution in [0.25, 0.3) is 0 Å². The van der Waals surface area contributed by atoms with Gasteiger partial charge in [-0.05, 0) is 12.1 Å². The van der Waals surface area contributed by atoms with E-state index in [0.717, 1.165) is 0 Å². The van der Waals surface area contributed by atoms with Gasteiger partial charge in [0.1, 0.15) is 12.5 Å². The number of hydrogen-bond donors (Lipinski definition) is 2. The summed E-state index contributed by atoms with van der Waals surface area (Å²) in [4.78, 5) is 4.02. The second-order valence-electron chi connectivity index (χ2n) is 1.98. The van der Waals surface area contributed by atoms with E-state index in [1.54, 1.807) is 13.2 Å². The Bertz CT molecular complexity index is 198. The number of nitrogens with zero attached hydrogens (tertiary/aromatic N) is 2. The van der Waals surface area contributed by atoms with Crippen LogP contribution in [0.1, 0.15) is 0 Å². The van der Waals surface area contributed by atoms with Crippen LogP contribution in [0.15, 0.2) is 24.4 Å². The van der Waals surface area contributed by atoms with Crippen molar-refractivity contribution in [3.63, 3.8) is 0 Å². The van der Waals surface area contributed by atoms with Crippen LogP contribution in [0.3, 0.4) is 0 Å². The third kappa shape index (κ3) is 1.89. The van der Waals surface area contributed by atoms with Gasteiger partial charge in [0.25, 0.3) is 0 Å². The summed E-state index contributed by atoms with van der Waals surface area (Å²) in [6.45, 7) is -0.0898. The van der Waals surface area contributed by atoms with Gasteiger partial charge in [-0.1, -0.05) is 6.07 Å². The fourth-order valence-corrected chi connectivity index (χ4v) is 0.771. The number of pyridine rings is 1. The van der Waals surface area contributed by atoms with Crippen LogP contribution in [0.4, 0.5) is 5.82 Å². The zero-order valence-electron chi connectivity index (χ0n) is 6.36. The van der Waals surface area contributed by atoms with E-state index < -0.39 is 0 Å². The first kappa shape index (κ1) is 7.97. The van der Waals surface area contributed by atoms with Crippen molar-refractivity contribution in [3.8, 4) is 0 Å². The minimum atomic E-state index is -0.0898. The SMILES string of the molecule is CNN(CO)c1ccccn1. The molecule has 0 spiro atoms. The molecule has 11 heavy (non-hydrogen) atoms. The zero-order valence-corrected chi connectivity index (χ0v) is 6.36. The monoisotopic (exact) mass is 153 g/mol. The van der Waals surface area contributed by atoms with Gasteiger partial charge in [-0.15, -0.1) is 0 Å². The molecule has 0 fully saturated rings. The summed E-state index contributed by atoms with van der Waals surface area (Å²) < 4.78 is 0. The fourth-order valence-electron chi connectivity index (χ4n) is 0.771. The number of hydrazine groups is 1. The van der Waals surface area contributed by atoms with Crippen molar-refractivity contribution >= 4 is 5.82 Å². The van der Waals surface area contributed by atoms with E-state index in [-0.39, 0.29) is 6.73 Å². The van der Waals surface area contributed by atoms with Crippen LogP contribution in [0, 0.1) is 0 Å². The van der Waals surface area contributed by atoms with Crippen LogP contribution in [-0.2, 0) is 0 Å². The Labute approximate surface area is 65.5 Å². The Morgan fingerprint density at radius 3 is 2.91 bits per heavy atom. The quantitative estimate of drug-likeness (QED) is 0.473. The lowest BCUT2D eigenvalue weighted by atomic mass is 10.5. The van der Waals surface area contributed by atoms with E-state index in [1.165, 1.54) is 5.01 Å². The molecule has 0 saturated heterocycles. The molecular formula is C7H11N3O. The highest BCUT2D eigenvalue weighted by Gasteiger charge is 2.00. The summed E-state index contributed by atoms with van der Waals surface area (Å²) >= 11 is 0. The third-order valence-corrected chi connectivity index (χ3v) is 1.34. The molecule has 2 N–H and O–H groups in total. The smallest absolute Gasteiger partial charge is 0.144 e. The summed E-state index contributed by atoms with van der Waals surface area (Å²) in [5, 5.41) is 10.3. The van der Waals surface area contributed by atoms with Gasteiger partial charge >= 0.3 is 0 Å². The number of rotatable bonds is 3. The van der Waals surface area contributed by atoms with E-state index in [2.05, 4.69) is 10.4 Å². The fraction of sp³-hybridized carbons (Fsp3) is 0.286. The minimum Gasteiger partial charge on any atom is -0.375 e. The number of aromatic nitrogens is 1. The number of anilines is 1. The van der Waals surface area contributed by atoms with Gasteiger partial charge in [0, 0.05) is 13.2 Å². The second kappa shape index (κ2) is 3.90. The first-order chi connectivity index (χ1) is 5.38. The van der Waals surface area contributed by atoms with Gasteiger partial charge in [0.2, 0.25) is 0 Å². The van der Waals surface area contributed by atoms with Gasteiger partial charge in [-0.2, -0.15) is 0 Å². The molecule has 1 aromatic heterocycles. The van der Waals surface area contributed by atoms with Crippen molar-refractivity contribution in [3.05, 3.63) is 24.4 Å². The Morgan fingerprint density at radius 1 is 1.64 bits per heavy atom. The van der Waals surface area contributed by atoms with Gasteiger partial charge in [0.05, 0.1) is 0 Å². The summed E-state index contributed by atoms with van der Waals surface area (Å²) in [5.41, 5.74) is 2.79. The Kier molecular flexibility index (Phi) is 2.83. The molecule has 0 aromatic carbocycles. The normalized spacial score (nSPS) is 9.64. The minimum absolute atomic E-state index is 0.0898. The Balaban J connectivity index is 2.74. The first-order valence-corrected chi connectivity index (χ1v) is 3.35. The van der Waals surface area contributed by atoms with E-state index in [0.29, 0.717) is 5.82 Å². The third-order valence-electron chi connectivity index (χ3n) is 1.34.